The second-order valence-electron chi connectivity index (χ2n) is 3.79. The molecule has 1 aromatic rings. The topological polar surface area (TPSA) is 62.2 Å². The van der Waals surface area contributed by atoms with Gasteiger partial charge in [-0.15, -0.1) is 10.2 Å². The summed E-state index contributed by atoms with van der Waals surface area (Å²) in [6.45, 7) is 1.63. The van der Waals surface area contributed by atoms with Crippen LogP contribution in [0, 0.1) is 0 Å². The first-order valence-electron chi connectivity index (χ1n) is 5.12. The van der Waals surface area contributed by atoms with Crippen molar-refractivity contribution in [3.8, 4) is 0 Å². The molecule has 0 atom stereocenters. The summed E-state index contributed by atoms with van der Waals surface area (Å²) in [5, 5.41) is 7.41. The number of rotatable bonds is 1. The molecule has 0 radical (unpaired) electrons. The van der Waals surface area contributed by atoms with Gasteiger partial charge in [0.05, 0.1) is 6.54 Å². The predicted octanol–water partition coefficient (Wildman–Crippen LogP) is 0.847. The lowest BCUT2D eigenvalue weighted by atomic mass is 10.4. The number of nitrogens with zero attached hydrogens (tertiary/aromatic N) is 5. The molecule has 1 fully saturated rings. The summed E-state index contributed by atoms with van der Waals surface area (Å²) in [4.78, 5) is 19.2. The molecule has 17 heavy (non-hydrogen) atoms. The maximum absolute atomic E-state index is 11.7. The van der Waals surface area contributed by atoms with Gasteiger partial charge in [0.1, 0.15) is 0 Å². The molecule has 1 aliphatic rings. The van der Waals surface area contributed by atoms with Crippen LogP contribution in [-0.2, 0) is 4.79 Å². The number of aromatic nitrogens is 3. The second kappa shape index (κ2) is 5.01. The molecule has 1 aliphatic heterocycles. The van der Waals surface area contributed by atoms with Crippen LogP contribution in [0.3, 0.4) is 0 Å². The summed E-state index contributed by atoms with van der Waals surface area (Å²) >= 11 is 11.6. The maximum atomic E-state index is 11.7. The van der Waals surface area contributed by atoms with Gasteiger partial charge in [-0.05, 0) is 18.0 Å². The van der Waals surface area contributed by atoms with Crippen molar-refractivity contribution in [3.63, 3.8) is 0 Å². The fourth-order valence-electron chi connectivity index (χ4n) is 1.65. The highest BCUT2D eigenvalue weighted by atomic mass is 35.5. The lowest BCUT2D eigenvalue weighted by Gasteiger charge is -2.20. The van der Waals surface area contributed by atoms with Crippen LogP contribution >= 0.6 is 23.2 Å². The van der Waals surface area contributed by atoms with E-state index >= 15 is 0 Å². The van der Waals surface area contributed by atoms with Crippen LogP contribution in [0.25, 0.3) is 0 Å². The maximum Gasteiger partial charge on any atom is 0.245 e. The van der Waals surface area contributed by atoms with Gasteiger partial charge in [-0.25, -0.2) is 0 Å². The SMILES string of the molecule is CN1CCCN(c2nc(Cl)nnc2Cl)CC1=O. The number of hydrogen-bond donors (Lipinski definition) is 0. The Hall–Kier alpha value is -1.14. The summed E-state index contributed by atoms with van der Waals surface area (Å²) in [7, 11) is 1.78. The monoisotopic (exact) mass is 275 g/mol. The Morgan fingerprint density at radius 3 is 2.76 bits per heavy atom. The molecule has 2 rings (SSSR count). The van der Waals surface area contributed by atoms with Crippen molar-refractivity contribution in [2.75, 3.05) is 31.6 Å². The van der Waals surface area contributed by atoms with Gasteiger partial charge < -0.3 is 9.80 Å². The van der Waals surface area contributed by atoms with E-state index in [0.717, 1.165) is 13.0 Å². The van der Waals surface area contributed by atoms with Crippen molar-refractivity contribution in [2.45, 2.75) is 6.42 Å². The Morgan fingerprint density at radius 2 is 2.00 bits per heavy atom. The Balaban J connectivity index is 2.26. The van der Waals surface area contributed by atoms with E-state index in [1.165, 1.54) is 0 Å². The summed E-state index contributed by atoms with van der Waals surface area (Å²) in [6.07, 6.45) is 0.847. The summed E-state index contributed by atoms with van der Waals surface area (Å²) < 4.78 is 0. The van der Waals surface area contributed by atoms with Crippen LogP contribution < -0.4 is 4.90 Å². The van der Waals surface area contributed by atoms with E-state index in [9.17, 15) is 4.79 Å². The standard InChI is InChI=1S/C9H11Cl2N5O/c1-15-3-2-4-16(5-6(15)17)8-7(10)13-14-9(11)12-8/h2-5H2,1H3. The third kappa shape index (κ3) is 2.76. The van der Waals surface area contributed by atoms with Gasteiger partial charge in [0.25, 0.3) is 0 Å². The van der Waals surface area contributed by atoms with Crippen LogP contribution in [0.2, 0.25) is 10.4 Å². The molecule has 8 heteroatoms. The van der Waals surface area contributed by atoms with E-state index in [2.05, 4.69) is 15.2 Å². The molecule has 2 heterocycles. The molecule has 0 aromatic carbocycles. The third-order valence-corrected chi connectivity index (χ3v) is 2.98. The summed E-state index contributed by atoms with van der Waals surface area (Å²) in [5.74, 6) is 0.434. The fourth-order valence-corrected chi connectivity index (χ4v) is 1.97. The number of carbonyl (C=O) groups is 1. The predicted molar refractivity (Wildman–Crippen MR) is 64.3 cm³/mol. The highest BCUT2D eigenvalue weighted by molar-refractivity contribution is 6.32. The number of likely N-dealkylation sites (N-methyl/N-ethyl adjacent to an activating group) is 1. The molecule has 92 valence electrons. The minimum Gasteiger partial charge on any atom is -0.345 e. The zero-order valence-corrected chi connectivity index (χ0v) is 10.7. The minimum absolute atomic E-state index is 0.0216. The summed E-state index contributed by atoms with van der Waals surface area (Å²) in [5.41, 5.74) is 0. The van der Waals surface area contributed by atoms with Gasteiger partial charge in [0, 0.05) is 20.1 Å². The van der Waals surface area contributed by atoms with Crippen molar-refractivity contribution >= 4 is 34.9 Å². The first-order valence-corrected chi connectivity index (χ1v) is 5.88. The van der Waals surface area contributed by atoms with Crippen LogP contribution in [0.4, 0.5) is 5.82 Å². The Labute approximate surface area is 109 Å². The van der Waals surface area contributed by atoms with Crippen LogP contribution in [-0.4, -0.2) is 52.7 Å². The average molecular weight is 276 g/mol. The van der Waals surface area contributed by atoms with Gasteiger partial charge in [-0.2, -0.15) is 4.98 Å². The number of hydrogen-bond acceptors (Lipinski definition) is 5. The van der Waals surface area contributed by atoms with E-state index in [-0.39, 0.29) is 22.9 Å². The largest absolute Gasteiger partial charge is 0.345 e. The lowest BCUT2D eigenvalue weighted by Crippen LogP contribution is -2.35. The highest BCUT2D eigenvalue weighted by Crippen LogP contribution is 2.22. The van der Waals surface area contributed by atoms with Crippen molar-refractivity contribution in [2.24, 2.45) is 0 Å². The molecule has 1 aromatic heterocycles. The van der Waals surface area contributed by atoms with Gasteiger partial charge in [-0.3, -0.25) is 4.79 Å². The zero-order chi connectivity index (χ0) is 12.4. The van der Waals surface area contributed by atoms with E-state index < -0.39 is 0 Å². The molecule has 0 saturated carbocycles. The molecule has 0 unspecified atom stereocenters. The van der Waals surface area contributed by atoms with Crippen LogP contribution in [0.5, 0.6) is 0 Å². The molecular weight excluding hydrogens is 265 g/mol. The molecule has 6 nitrogen and oxygen atoms in total. The second-order valence-corrected chi connectivity index (χ2v) is 4.48. The third-order valence-electron chi connectivity index (χ3n) is 2.58. The number of anilines is 1. The molecule has 1 amide bonds. The first-order chi connectivity index (χ1) is 8.08. The van der Waals surface area contributed by atoms with Crippen LogP contribution in [0.15, 0.2) is 0 Å². The summed E-state index contributed by atoms with van der Waals surface area (Å²) in [6, 6.07) is 0. The zero-order valence-electron chi connectivity index (χ0n) is 9.23. The van der Waals surface area contributed by atoms with E-state index in [0.29, 0.717) is 12.4 Å². The highest BCUT2D eigenvalue weighted by Gasteiger charge is 2.22. The Morgan fingerprint density at radius 1 is 1.24 bits per heavy atom. The minimum atomic E-state index is 0.0216. The van der Waals surface area contributed by atoms with Gasteiger partial charge in [0.15, 0.2) is 11.0 Å². The quantitative estimate of drug-likeness (QED) is 0.760. The number of halogens is 2. The van der Waals surface area contributed by atoms with E-state index in [4.69, 9.17) is 23.2 Å². The lowest BCUT2D eigenvalue weighted by molar-refractivity contribution is -0.127. The molecule has 1 saturated heterocycles. The van der Waals surface area contributed by atoms with Crippen molar-refractivity contribution in [3.05, 3.63) is 10.4 Å². The smallest absolute Gasteiger partial charge is 0.245 e. The number of amides is 1. The van der Waals surface area contributed by atoms with E-state index in [1.807, 2.05) is 0 Å². The molecule has 0 aliphatic carbocycles. The average Bonchev–Trinajstić information content (AvgIpc) is 2.45. The molecule has 0 bridgehead atoms. The van der Waals surface area contributed by atoms with Crippen molar-refractivity contribution < 1.29 is 4.79 Å². The Bertz CT molecular complexity index is 441. The van der Waals surface area contributed by atoms with Crippen molar-refractivity contribution in [1.29, 1.82) is 0 Å². The fraction of sp³-hybridized carbons (Fsp3) is 0.556. The molecular formula is C9H11Cl2N5O. The van der Waals surface area contributed by atoms with Gasteiger partial charge in [-0.1, -0.05) is 11.6 Å². The van der Waals surface area contributed by atoms with E-state index in [1.54, 1.807) is 16.8 Å². The first kappa shape index (κ1) is 12.3. The molecule has 0 spiro atoms. The Kier molecular flexibility index (Phi) is 3.63. The number of carbonyl (C=O) groups excluding carboxylic acids is 1. The van der Waals surface area contributed by atoms with Crippen molar-refractivity contribution in [1.82, 2.24) is 20.1 Å². The van der Waals surface area contributed by atoms with Crippen LogP contribution in [0.1, 0.15) is 6.42 Å². The normalized spacial score (nSPS) is 17.2. The van der Waals surface area contributed by atoms with Gasteiger partial charge in [0.2, 0.25) is 11.2 Å². The van der Waals surface area contributed by atoms with Gasteiger partial charge >= 0.3 is 0 Å². The molecule has 0 N–H and O–H groups in total.